The second-order valence-electron chi connectivity index (χ2n) is 4.45. The number of benzene rings is 1. The fraction of sp³-hybridized carbons (Fsp3) is 0.385. The molecule has 2 rings (SSSR count). The van der Waals surface area contributed by atoms with Crippen molar-refractivity contribution >= 4 is 11.0 Å². The highest BCUT2D eigenvalue weighted by Crippen LogP contribution is 2.26. The van der Waals surface area contributed by atoms with Crippen LogP contribution in [0.4, 0.5) is 0 Å². The summed E-state index contributed by atoms with van der Waals surface area (Å²) < 4.78 is 1.98. The maximum absolute atomic E-state index is 9.15. The van der Waals surface area contributed by atoms with Gasteiger partial charge in [-0.15, -0.1) is 0 Å². The van der Waals surface area contributed by atoms with Gasteiger partial charge in [-0.05, 0) is 23.6 Å². The lowest BCUT2D eigenvalue weighted by Gasteiger charge is -2.12. The van der Waals surface area contributed by atoms with Gasteiger partial charge in [0.2, 0.25) is 0 Å². The van der Waals surface area contributed by atoms with Crippen LogP contribution in [0.1, 0.15) is 25.3 Å². The second kappa shape index (κ2) is 3.97. The second-order valence-corrected chi connectivity index (χ2v) is 4.45. The van der Waals surface area contributed by atoms with E-state index in [-0.39, 0.29) is 5.92 Å². The molecule has 3 nitrogen and oxygen atoms in total. The highest BCUT2D eigenvalue weighted by atomic mass is 15.0. The van der Waals surface area contributed by atoms with Gasteiger partial charge in [-0.25, -0.2) is 4.98 Å². The highest BCUT2D eigenvalue weighted by molar-refractivity contribution is 5.76. The molecular formula is C13H15N3. The molecule has 0 radical (unpaired) electrons. The Kier molecular flexibility index (Phi) is 2.66. The third-order valence-corrected chi connectivity index (χ3v) is 2.91. The Hall–Kier alpha value is -1.82. The quantitative estimate of drug-likeness (QED) is 0.769. The SMILES string of the molecule is CC(C)C(C#N)c1ccc2c(c1)ncn2C. The van der Waals surface area contributed by atoms with Crippen molar-refractivity contribution in [3.05, 3.63) is 30.1 Å². The summed E-state index contributed by atoms with van der Waals surface area (Å²) in [6.45, 7) is 4.13. The topological polar surface area (TPSA) is 41.6 Å². The van der Waals surface area contributed by atoms with Crippen LogP contribution in [-0.2, 0) is 7.05 Å². The molecule has 0 fully saturated rings. The van der Waals surface area contributed by atoms with E-state index in [0.29, 0.717) is 5.92 Å². The molecule has 0 amide bonds. The molecule has 82 valence electrons. The van der Waals surface area contributed by atoms with Crippen molar-refractivity contribution in [3.8, 4) is 6.07 Å². The van der Waals surface area contributed by atoms with Crippen LogP contribution in [0, 0.1) is 17.2 Å². The monoisotopic (exact) mass is 213 g/mol. The molecule has 1 atom stereocenters. The zero-order valence-corrected chi connectivity index (χ0v) is 9.81. The summed E-state index contributed by atoms with van der Waals surface area (Å²) in [4.78, 5) is 4.31. The highest BCUT2D eigenvalue weighted by Gasteiger charge is 2.15. The summed E-state index contributed by atoms with van der Waals surface area (Å²) in [5.41, 5.74) is 3.12. The Morgan fingerprint density at radius 1 is 1.38 bits per heavy atom. The summed E-state index contributed by atoms with van der Waals surface area (Å²) in [6, 6.07) is 8.43. The number of nitrogens with zero attached hydrogens (tertiary/aromatic N) is 3. The van der Waals surface area contributed by atoms with E-state index in [2.05, 4.69) is 24.9 Å². The molecule has 0 N–H and O–H groups in total. The Morgan fingerprint density at radius 2 is 2.12 bits per heavy atom. The van der Waals surface area contributed by atoms with Crippen molar-refractivity contribution in [2.24, 2.45) is 13.0 Å². The minimum absolute atomic E-state index is 0.0496. The Bertz CT molecular complexity index is 546. The minimum Gasteiger partial charge on any atom is -0.334 e. The largest absolute Gasteiger partial charge is 0.334 e. The zero-order chi connectivity index (χ0) is 11.7. The van der Waals surface area contributed by atoms with Gasteiger partial charge in [-0.3, -0.25) is 0 Å². The van der Waals surface area contributed by atoms with Gasteiger partial charge >= 0.3 is 0 Å². The first kappa shape index (κ1) is 10.7. The normalized spacial score (nSPS) is 12.9. The van der Waals surface area contributed by atoms with Crippen LogP contribution in [0.3, 0.4) is 0 Å². The third-order valence-electron chi connectivity index (χ3n) is 2.91. The van der Waals surface area contributed by atoms with Crippen LogP contribution in [0.25, 0.3) is 11.0 Å². The van der Waals surface area contributed by atoms with E-state index in [9.17, 15) is 0 Å². The van der Waals surface area contributed by atoms with Crippen LogP contribution in [-0.4, -0.2) is 9.55 Å². The van der Waals surface area contributed by atoms with Gasteiger partial charge in [0.05, 0.1) is 29.3 Å². The van der Waals surface area contributed by atoms with Gasteiger partial charge in [0.25, 0.3) is 0 Å². The number of aromatic nitrogens is 2. The molecule has 1 unspecified atom stereocenters. The maximum atomic E-state index is 9.15. The minimum atomic E-state index is -0.0496. The summed E-state index contributed by atoms with van der Waals surface area (Å²) in [5.74, 6) is 0.276. The first-order valence-electron chi connectivity index (χ1n) is 5.44. The number of hydrogen-bond donors (Lipinski definition) is 0. The first-order valence-corrected chi connectivity index (χ1v) is 5.44. The van der Waals surface area contributed by atoms with Gasteiger partial charge in [0.15, 0.2) is 0 Å². The lowest BCUT2D eigenvalue weighted by molar-refractivity contribution is 0.587. The van der Waals surface area contributed by atoms with E-state index in [4.69, 9.17) is 5.26 Å². The smallest absolute Gasteiger partial charge is 0.0955 e. The third kappa shape index (κ3) is 1.67. The molecular weight excluding hydrogens is 198 g/mol. The van der Waals surface area contributed by atoms with Gasteiger partial charge in [0, 0.05) is 7.05 Å². The molecule has 0 aliphatic carbocycles. The fourth-order valence-corrected chi connectivity index (χ4v) is 1.96. The molecule has 0 saturated heterocycles. The van der Waals surface area contributed by atoms with Crippen molar-refractivity contribution in [1.29, 1.82) is 5.26 Å². The molecule has 0 spiro atoms. The number of aryl methyl sites for hydroxylation is 1. The predicted octanol–water partition coefficient (Wildman–Crippen LogP) is 2.84. The van der Waals surface area contributed by atoms with Gasteiger partial charge in [-0.2, -0.15) is 5.26 Å². The number of fused-ring (bicyclic) bond motifs is 1. The van der Waals surface area contributed by atoms with Crippen molar-refractivity contribution in [2.45, 2.75) is 19.8 Å². The van der Waals surface area contributed by atoms with Crippen molar-refractivity contribution in [1.82, 2.24) is 9.55 Å². The predicted molar refractivity (Wildman–Crippen MR) is 63.9 cm³/mol. The fourth-order valence-electron chi connectivity index (χ4n) is 1.96. The van der Waals surface area contributed by atoms with E-state index < -0.39 is 0 Å². The molecule has 16 heavy (non-hydrogen) atoms. The van der Waals surface area contributed by atoms with Crippen LogP contribution in [0.2, 0.25) is 0 Å². The molecule has 1 heterocycles. The van der Waals surface area contributed by atoms with Gasteiger partial charge in [0.1, 0.15) is 0 Å². The maximum Gasteiger partial charge on any atom is 0.0955 e. The van der Waals surface area contributed by atoms with Crippen molar-refractivity contribution in [2.75, 3.05) is 0 Å². The summed E-state index contributed by atoms with van der Waals surface area (Å²) in [6.07, 6.45) is 1.80. The summed E-state index contributed by atoms with van der Waals surface area (Å²) >= 11 is 0. The lowest BCUT2D eigenvalue weighted by Crippen LogP contribution is -2.03. The van der Waals surface area contributed by atoms with Crippen LogP contribution in [0.15, 0.2) is 24.5 Å². The molecule has 0 aliphatic rings. The van der Waals surface area contributed by atoms with Crippen molar-refractivity contribution < 1.29 is 0 Å². The molecule has 0 saturated carbocycles. The molecule has 1 aromatic heterocycles. The van der Waals surface area contributed by atoms with Crippen LogP contribution >= 0.6 is 0 Å². The van der Waals surface area contributed by atoms with Gasteiger partial charge in [-0.1, -0.05) is 19.9 Å². The first-order chi connectivity index (χ1) is 7.63. The molecule has 0 bridgehead atoms. The Labute approximate surface area is 95.3 Å². The number of rotatable bonds is 2. The summed E-state index contributed by atoms with van der Waals surface area (Å²) in [5, 5.41) is 9.15. The number of hydrogen-bond acceptors (Lipinski definition) is 2. The lowest BCUT2D eigenvalue weighted by atomic mass is 9.90. The van der Waals surface area contributed by atoms with Crippen LogP contribution < -0.4 is 0 Å². The van der Waals surface area contributed by atoms with E-state index in [1.54, 1.807) is 6.33 Å². The van der Waals surface area contributed by atoms with Gasteiger partial charge < -0.3 is 4.57 Å². The van der Waals surface area contributed by atoms with E-state index in [1.807, 2.05) is 29.8 Å². The van der Waals surface area contributed by atoms with Crippen LogP contribution in [0.5, 0.6) is 0 Å². The number of imidazole rings is 1. The average molecular weight is 213 g/mol. The standard InChI is InChI=1S/C13H15N3/c1-9(2)11(7-14)10-4-5-13-12(6-10)15-8-16(13)3/h4-6,8-9,11H,1-3H3. The average Bonchev–Trinajstić information content (AvgIpc) is 2.61. The van der Waals surface area contributed by atoms with E-state index in [1.165, 1.54) is 0 Å². The summed E-state index contributed by atoms with van der Waals surface area (Å²) in [7, 11) is 1.97. The Morgan fingerprint density at radius 3 is 2.75 bits per heavy atom. The van der Waals surface area contributed by atoms with Crippen molar-refractivity contribution in [3.63, 3.8) is 0 Å². The Balaban J connectivity index is 2.51. The van der Waals surface area contributed by atoms with E-state index in [0.717, 1.165) is 16.6 Å². The number of nitriles is 1. The molecule has 2 aromatic rings. The van der Waals surface area contributed by atoms with E-state index >= 15 is 0 Å². The zero-order valence-electron chi connectivity index (χ0n) is 9.81. The molecule has 3 heteroatoms. The molecule has 1 aromatic carbocycles. The molecule has 0 aliphatic heterocycles.